The van der Waals surface area contributed by atoms with Gasteiger partial charge in [-0.25, -0.2) is 0 Å². The largest absolute Gasteiger partial charge is 0.315 e. The van der Waals surface area contributed by atoms with Crippen molar-refractivity contribution in [2.24, 2.45) is 11.3 Å². The number of hydrogen-bond donors (Lipinski definition) is 1. The van der Waals surface area contributed by atoms with Crippen molar-refractivity contribution in [1.29, 1.82) is 0 Å². The molecule has 4 heteroatoms. The van der Waals surface area contributed by atoms with Crippen LogP contribution in [-0.2, 0) is 19.4 Å². The molecule has 1 unspecified atom stereocenters. The third-order valence-electron chi connectivity index (χ3n) is 6.41. The van der Waals surface area contributed by atoms with Crippen LogP contribution in [0.5, 0.6) is 0 Å². The molecule has 5 heterocycles. The molecule has 1 N–H and O–H groups in total. The van der Waals surface area contributed by atoms with Crippen LogP contribution >= 0.6 is 11.3 Å². The Hall–Kier alpha value is -1.23. The highest BCUT2D eigenvalue weighted by Crippen LogP contribution is 2.50. The molecule has 3 saturated heterocycles. The van der Waals surface area contributed by atoms with Gasteiger partial charge in [0.15, 0.2) is 0 Å². The minimum Gasteiger partial charge on any atom is -0.315 e. The summed E-state index contributed by atoms with van der Waals surface area (Å²) in [5.74, 6) is 0.920. The standard InChI is InChI=1S/C20H25N3S/c1-21-12-17-2-3-19(24-17)15-8-14-9-20(10-18(14)22-11-15)13-23-6-4-16(20)5-7-23/h2-3,8,11,16,21H,4-7,9-10,12-13H2,1H3. The van der Waals surface area contributed by atoms with Gasteiger partial charge in [0, 0.05) is 40.3 Å². The second-order valence-corrected chi connectivity index (χ2v) is 9.06. The molecule has 4 aliphatic rings. The lowest BCUT2D eigenvalue weighted by molar-refractivity contribution is -0.0226. The van der Waals surface area contributed by atoms with Gasteiger partial charge in [-0.15, -0.1) is 11.3 Å². The zero-order valence-corrected chi connectivity index (χ0v) is 15.2. The van der Waals surface area contributed by atoms with Crippen molar-refractivity contribution < 1.29 is 0 Å². The monoisotopic (exact) mass is 339 g/mol. The first-order valence-corrected chi connectivity index (χ1v) is 10.0. The van der Waals surface area contributed by atoms with E-state index in [0.29, 0.717) is 5.41 Å². The van der Waals surface area contributed by atoms with Crippen molar-refractivity contribution >= 4 is 11.3 Å². The van der Waals surface area contributed by atoms with E-state index in [1.807, 2.05) is 18.4 Å². The average Bonchev–Trinajstić information content (AvgIpc) is 3.19. The highest BCUT2D eigenvalue weighted by atomic mass is 32.1. The molecule has 2 aromatic heterocycles. The van der Waals surface area contributed by atoms with Gasteiger partial charge in [0.1, 0.15) is 0 Å². The second-order valence-electron chi connectivity index (χ2n) is 7.89. The van der Waals surface area contributed by atoms with Crippen LogP contribution in [0.2, 0.25) is 0 Å². The summed E-state index contributed by atoms with van der Waals surface area (Å²) in [5.41, 5.74) is 4.70. The number of aromatic nitrogens is 1. The van der Waals surface area contributed by atoms with Crippen LogP contribution in [0.3, 0.4) is 0 Å². The Kier molecular flexibility index (Phi) is 3.55. The highest BCUT2D eigenvalue weighted by Gasteiger charge is 2.49. The van der Waals surface area contributed by atoms with Gasteiger partial charge < -0.3 is 10.2 Å². The predicted molar refractivity (Wildman–Crippen MR) is 99.3 cm³/mol. The van der Waals surface area contributed by atoms with Gasteiger partial charge in [-0.05, 0) is 80.9 Å². The van der Waals surface area contributed by atoms with Gasteiger partial charge in [-0.3, -0.25) is 4.98 Å². The third-order valence-corrected chi connectivity index (χ3v) is 7.55. The predicted octanol–water partition coefficient (Wildman–Crippen LogP) is 3.34. The van der Waals surface area contributed by atoms with Gasteiger partial charge in [0.05, 0.1) is 0 Å². The van der Waals surface area contributed by atoms with E-state index < -0.39 is 0 Å². The fourth-order valence-corrected chi connectivity index (χ4v) is 6.24. The molecular weight excluding hydrogens is 314 g/mol. The van der Waals surface area contributed by atoms with Gasteiger partial charge in [-0.1, -0.05) is 0 Å². The van der Waals surface area contributed by atoms with Crippen molar-refractivity contribution in [3.8, 4) is 10.4 Å². The van der Waals surface area contributed by atoms with Crippen molar-refractivity contribution in [1.82, 2.24) is 15.2 Å². The van der Waals surface area contributed by atoms with Crippen molar-refractivity contribution in [3.63, 3.8) is 0 Å². The number of piperidine rings is 3. The summed E-state index contributed by atoms with van der Waals surface area (Å²) < 4.78 is 0. The summed E-state index contributed by atoms with van der Waals surface area (Å²) in [7, 11) is 2.00. The van der Waals surface area contributed by atoms with Gasteiger partial charge in [0.2, 0.25) is 0 Å². The SMILES string of the molecule is CNCc1ccc(-c2cnc3c(c2)CC2(C3)CN3CCC2CC3)s1. The summed E-state index contributed by atoms with van der Waals surface area (Å²) >= 11 is 1.88. The van der Waals surface area contributed by atoms with Gasteiger partial charge >= 0.3 is 0 Å². The molecular formula is C20H25N3S. The first-order chi connectivity index (χ1) is 11.8. The maximum atomic E-state index is 4.90. The number of rotatable bonds is 3. The highest BCUT2D eigenvalue weighted by molar-refractivity contribution is 7.15. The summed E-state index contributed by atoms with van der Waals surface area (Å²) in [4.78, 5) is 10.3. The van der Waals surface area contributed by atoms with E-state index >= 15 is 0 Å². The number of pyridine rings is 1. The zero-order valence-electron chi connectivity index (χ0n) is 14.3. The molecule has 0 saturated carbocycles. The quantitative estimate of drug-likeness (QED) is 0.930. The van der Waals surface area contributed by atoms with Crippen LogP contribution < -0.4 is 5.32 Å². The topological polar surface area (TPSA) is 28.2 Å². The Balaban J connectivity index is 1.43. The van der Waals surface area contributed by atoms with Crippen LogP contribution in [0.15, 0.2) is 24.4 Å². The molecule has 1 aliphatic carbocycles. The van der Waals surface area contributed by atoms with Crippen molar-refractivity contribution in [3.05, 3.63) is 40.5 Å². The van der Waals surface area contributed by atoms with E-state index in [2.05, 4.69) is 34.6 Å². The number of thiophene rings is 1. The molecule has 126 valence electrons. The van der Waals surface area contributed by atoms with Crippen LogP contribution in [0, 0.1) is 11.3 Å². The lowest BCUT2D eigenvalue weighted by Crippen LogP contribution is -2.55. The molecule has 0 aromatic carbocycles. The minimum absolute atomic E-state index is 0.497. The second kappa shape index (κ2) is 5.65. The summed E-state index contributed by atoms with van der Waals surface area (Å²) in [6, 6.07) is 6.92. The Morgan fingerprint density at radius 1 is 1.29 bits per heavy atom. The zero-order chi connectivity index (χ0) is 16.1. The summed E-state index contributed by atoms with van der Waals surface area (Å²) in [6.07, 6.45) is 7.37. The Morgan fingerprint density at radius 3 is 2.92 bits per heavy atom. The molecule has 0 radical (unpaired) electrons. The maximum Gasteiger partial charge on any atom is 0.0442 e. The molecule has 3 fully saturated rings. The van der Waals surface area contributed by atoms with E-state index in [0.717, 1.165) is 12.5 Å². The minimum atomic E-state index is 0.497. The lowest BCUT2D eigenvalue weighted by Gasteiger charge is -2.52. The van der Waals surface area contributed by atoms with Crippen LogP contribution in [0.4, 0.5) is 0 Å². The van der Waals surface area contributed by atoms with E-state index in [1.165, 1.54) is 71.9 Å². The molecule has 1 atom stereocenters. The number of fused-ring (bicyclic) bond motifs is 3. The molecule has 2 aromatic rings. The molecule has 2 bridgehead atoms. The normalized spacial score (nSPS) is 30.9. The Morgan fingerprint density at radius 2 is 2.17 bits per heavy atom. The fourth-order valence-electron chi connectivity index (χ4n) is 5.24. The van der Waals surface area contributed by atoms with E-state index in [9.17, 15) is 0 Å². The van der Waals surface area contributed by atoms with E-state index in [4.69, 9.17) is 4.98 Å². The smallest absolute Gasteiger partial charge is 0.0442 e. The summed E-state index contributed by atoms with van der Waals surface area (Å²) in [5, 5.41) is 3.23. The van der Waals surface area contributed by atoms with Crippen LogP contribution in [0.1, 0.15) is 29.0 Å². The Bertz CT molecular complexity index is 760. The van der Waals surface area contributed by atoms with Crippen LogP contribution in [0.25, 0.3) is 10.4 Å². The fraction of sp³-hybridized carbons (Fsp3) is 0.550. The summed E-state index contributed by atoms with van der Waals surface area (Å²) in [6.45, 7) is 4.90. The van der Waals surface area contributed by atoms with Crippen molar-refractivity contribution in [2.45, 2.75) is 32.2 Å². The number of nitrogens with zero attached hydrogens (tertiary/aromatic N) is 2. The van der Waals surface area contributed by atoms with Crippen molar-refractivity contribution in [2.75, 3.05) is 26.7 Å². The van der Waals surface area contributed by atoms with Gasteiger partial charge in [-0.2, -0.15) is 0 Å². The molecule has 3 nitrogen and oxygen atoms in total. The van der Waals surface area contributed by atoms with Crippen LogP contribution in [-0.4, -0.2) is 36.6 Å². The van der Waals surface area contributed by atoms with E-state index in [1.54, 1.807) is 0 Å². The van der Waals surface area contributed by atoms with E-state index in [-0.39, 0.29) is 0 Å². The first kappa shape index (κ1) is 15.1. The molecule has 3 aliphatic heterocycles. The average molecular weight is 340 g/mol. The molecule has 1 spiro atoms. The lowest BCUT2D eigenvalue weighted by atomic mass is 9.65. The molecule has 24 heavy (non-hydrogen) atoms. The number of nitrogens with one attached hydrogen (secondary N) is 1. The first-order valence-electron chi connectivity index (χ1n) is 9.20. The number of hydrogen-bond acceptors (Lipinski definition) is 4. The third kappa shape index (κ3) is 2.35. The molecule has 6 rings (SSSR count). The molecule has 0 amide bonds. The maximum absolute atomic E-state index is 4.90. The Labute approximate surface area is 148 Å². The van der Waals surface area contributed by atoms with Gasteiger partial charge in [0.25, 0.3) is 0 Å².